The Morgan fingerprint density at radius 1 is 1.41 bits per heavy atom. The number of nitrogens with zero attached hydrogens (tertiary/aromatic N) is 3. The van der Waals surface area contributed by atoms with Gasteiger partial charge in [0.15, 0.2) is 0 Å². The minimum absolute atomic E-state index is 0.0618. The molecule has 2 amide bonds. The molecule has 0 aromatic carbocycles. The summed E-state index contributed by atoms with van der Waals surface area (Å²) in [5.41, 5.74) is 0.870. The van der Waals surface area contributed by atoms with E-state index >= 15 is 0 Å². The SMILES string of the molecule is CNC(=O)[C@@H]1CN(C(=O)COC2CCCC2)Cc2ccnn21. The number of hydrogen-bond donors (Lipinski definition) is 1. The maximum Gasteiger partial charge on any atom is 0.249 e. The topological polar surface area (TPSA) is 76.5 Å². The van der Waals surface area contributed by atoms with Crippen molar-refractivity contribution in [1.82, 2.24) is 20.0 Å². The second-order valence-corrected chi connectivity index (χ2v) is 5.89. The van der Waals surface area contributed by atoms with Crippen molar-refractivity contribution in [2.45, 2.75) is 44.4 Å². The van der Waals surface area contributed by atoms with Crippen LogP contribution in [-0.4, -0.2) is 52.8 Å². The van der Waals surface area contributed by atoms with Gasteiger partial charge in [0.1, 0.15) is 12.6 Å². The number of nitrogens with one attached hydrogen (secondary N) is 1. The lowest BCUT2D eigenvalue weighted by molar-refractivity contribution is -0.141. The highest BCUT2D eigenvalue weighted by Gasteiger charge is 2.32. The van der Waals surface area contributed by atoms with Crippen LogP contribution in [0.1, 0.15) is 37.4 Å². The number of fused-ring (bicyclic) bond motifs is 1. The van der Waals surface area contributed by atoms with Gasteiger partial charge in [0.25, 0.3) is 0 Å². The van der Waals surface area contributed by atoms with Gasteiger partial charge in [-0.05, 0) is 18.9 Å². The predicted molar refractivity (Wildman–Crippen MR) is 79.0 cm³/mol. The third-order valence-electron chi connectivity index (χ3n) is 4.44. The summed E-state index contributed by atoms with van der Waals surface area (Å²) in [6, 6.07) is 1.37. The molecule has 1 aromatic heterocycles. The molecular formula is C15H22N4O3. The fraction of sp³-hybridized carbons (Fsp3) is 0.667. The van der Waals surface area contributed by atoms with Crippen molar-refractivity contribution in [1.29, 1.82) is 0 Å². The van der Waals surface area contributed by atoms with E-state index in [1.807, 2.05) is 6.07 Å². The highest BCUT2D eigenvalue weighted by molar-refractivity contribution is 5.83. The number of carbonyl (C=O) groups excluding carboxylic acids is 2. The van der Waals surface area contributed by atoms with Crippen LogP contribution in [0.3, 0.4) is 0 Å². The van der Waals surface area contributed by atoms with Crippen LogP contribution in [0.5, 0.6) is 0 Å². The fourth-order valence-corrected chi connectivity index (χ4v) is 3.18. The van der Waals surface area contributed by atoms with Crippen LogP contribution in [0.25, 0.3) is 0 Å². The van der Waals surface area contributed by atoms with Crippen molar-refractivity contribution < 1.29 is 14.3 Å². The molecule has 7 nitrogen and oxygen atoms in total. The van der Waals surface area contributed by atoms with E-state index in [0.29, 0.717) is 13.1 Å². The van der Waals surface area contributed by atoms with Gasteiger partial charge < -0.3 is 15.0 Å². The zero-order valence-electron chi connectivity index (χ0n) is 12.8. The molecule has 1 atom stereocenters. The zero-order chi connectivity index (χ0) is 15.5. The van der Waals surface area contributed by atoms with Crippen molar-refractivity contribution in [3.63, 3.8) is 0 Å². The summed E-state index contributed by atoms with van der Waals surface area (Å²) in [4.78, 5) is 26.1. The Balaban J connectivity index is 1.64. The molecule has 1 N–H and O–H groups in total. The molecule has 3 rings (SSSR count). The first kappa shape index (κ1) is 15.0. The Bertz CT molecular complexity index is 551. The number of ether oxygens (including phenoxy) is 1. The normalized spacial score (nSPS) is 21.7. The molecule has 0 bridgehead atoms. The van der Waals surface area contributed by atoms with Gasteiger partial charge >= 0.3 is 0 Å². The van der Waals surface area contributed by atoms with Gasteiger partial charge in [-0.25, -0.2) is 0 Å². The number of amides is 2. The maximum atomic E-state index is 12.4. The minimum atomic E-state index is -0.473. The third-order valence-corrected chi connectivity index (χ3v) is 4.44. The smallest absolute Gasteiger partial charge is 0.249 e. The van der Waals surface area contributed by atoms with Gasteiger partial charge in [0.2, 0.25) is 11.8 Å². The van der Waals surface area contributed by atoms with Crippen LogP contribution in [-0.2, 0) is 20.9 Å². The summed E-state index contributed by atoms with van der Waals surface area (Å²) in [6.45, 7) is 0.904. The highest BCUT2D eigenvalue weighted by Crippen LogP contribution is 2.23. The van der Waals surface area contributed by atoms with E-state index in [2.05, 4.69) is 10.4 Å². The van der Waals surface area contributed by atoms with Gasteiger partial charge in [0, 0.05) is 13.2 Å². The number of hydrogen-bond acceptors (Lipinski definition) is 4. The molecule has 0 radical (unpaired) electrons. The van der Waals surface area contributed by atoms with Crippen LogP contribution < -0.4 is 5.32 Å². The molecule has 120 valence electrons. The van der Waals surface area contributed by atoms with Crippen molar-refractivity contribution in [2.24, 2.45) is 0 Å². The van der Waals surface area contributed by atoms with Crippen LogP contribution >= 0.6 is 0 Å². The predicted octanol–water partition coefficient (Wildman–Crippen LogP) is 0.472. The van der Waals surface area contributed by atoms with Crippen molar-refractivity contribution >= 4 is 11.8 Å². The van der Waals surface area contributed by atoms with Gasteiger partial charge in [0.05, 0.1) is 24.9 Å². The highest BCUT2D eigenvalue weighted by atomic mass is 16.5. The lowest BCUT2D eigenvalue weighted by Crippen LogP contribution is -2.47. The van der Waals surface area contributed by atoms with E-state index in [1.54, 1.807) is 22.8 Å². The van der Waals surface area contributed by atoms with E-state index in [-0.39, 0.29) is 24.5 Å². The molecule has 2 aliphatic rings. The number of rotatable bonds is 4. The van der Waals surface area contributed by atoms with Crippen molar-refractivity contribution in [2.75, 3.05) is 20.2 Å². The first-order valence-electron chi connectivity index (χ1n) is 7.82. The summed E-state index contributed by atoms with van der Waals surface area (Å²) in [7, 11) is 1.59. The largest absolute Gasteiger partial charge is 0.368 e. The number of carbonyl (C=O) groups is 2. The molecule has 1 saturated carbocycles. The van der Waals surface area contributed by atoms with Crippen molar-refractivity contribution in [3.05, 3.63) is 18.0 Å². The second-order valence-electron chi connectivity index (χ2n) is 5.89. The summed E-state index contributed by atoms with van der Waals surface area (Å²) in [6.07, 6.45) is 6.32. The minimum Gasteiger partial charge on any atom is -0.368 e. The molecule has 0 saturated heterocycles. The summed E-state index contributed by atoms with van der Waals surface area (Å²) in [5, 5.41) is 6.83. The van der Waals surface area contributed by atoms with E-state index in [9.17, 15) is 9.59 Å². The van der Waals surface area contributed by atoms with Gasteiger partial charge in [-0.1, -0.05) is 12.8 Å². The third kappa shape index (κ3) is 2.99. The van der Waals surface area contributed by atoms with Crippen LogP contribution in [0.2, 0.25) is 0 Å². The number of likely N-dealkylation sites (N-methyl/N-ethyl adjacent to an activating group) is 1. The Morgan fingerprint density at radius 3 is 2.91 bits per heavy atom. The molecule has 7 heteroatoms. The first-order valence-corrected chi connectivity index (χ1v) is 7.82. The van der Waals surface area contributed by atoms with E-state index in [4.69, 9.17) is 4.74 Å². The Hall–Kier alpha value is -1.89. The van der Waals surface area contributed by atoms with Crippen molar-refractivity contribution in [3.8, 4) is 0 Å². The molecule has 0 unspecified atom stereocenters. The maximum absolute atomic E-state index is 12.4. The molecule has 1 aliphatic heterocycles. The van der Waals surface area contributed by atoms with Gasteiger partial charge in [-0.3, -0.25) is 14.3 Å². The summed E-state index contributed by atoms with van der Waals surface area (Å²) < 4.78 is 7.39. The molecule has 1 fully saturated rings. The number of aromatic nitrogens is 2. The van der Waals surface area contributed by atoms with Crippen LogP contribution in [0.15, 0.2) is 12.3 Å². The second kappa shape index (κ2) is 6.48. The fourth-order valence-electron chi connectivity index (χ4n) is 3.18. The molecule has 1 aromatic rings. The van der Waals surface area contributed by atoms with Gasteiger partial charge in [-0.2, -0.15) is 5.10 Å². The Kier molecular flexibility index (Phi) is 4.42. The Labute approximate surface area is 129 Å². The summed E-state index contributed by atoms with van der Waals surface area (Å²) >= 11 is 0. The molecule has 1 aliphatic carbocycles. The Morgan fingerprint density at radius 2 is 2.18 bits per heavy atom. The van der Waals surface area contributed by atoms with E-state index in [1.165, 1.54) is 12.8 Å². The van der Waals surface area contributed by atoms with Gasteiger partial charge in [-0.15, -0.1) is 0 Å². The monoisotopic (exact) mass is 306 g/mol. The molecular weight excluding hydrogens is 284 g/mol. The van der Waals surface area contributed by atoms with Crippen LogP contribution in [0, 0.1) is 0 Å². The summed E-state index contributed by atoms with van der Waals surface area (Å²) in [5.74, 6) is -0.201. The first-order chi connectivity index (χ1) is 10.7. The van der Waals surface area contributed by atoms with E-state index < -0.39 is 6.04 Å². The zero-order valence-corrected chi connectivity index (χ0v) is 12.8. The van der Waals surface area contributed by atoms with Crippen LogP contribution in [0.4, 0.5) is 0 Å². The molecule has 2 heterocycles. The average Bonchev–Trinajstić information content (AvgIpc) is 3.21. The molecule has 22 heavy (non-hydrogen) atoms. The quantitative estimate of drug-likeness (QED) is 0.877. The van der Waals surface area contributed by atoms with E-state index in [0.717, 1.165) is 18.5 Å². The lowest BCUT2D eigenvalue weighted by atomic mass is 10.1. The lowest BCUT2D eigenvalue weighted by Gasteiger charge is -2.33. The average molecular weight is 306 g/mol. The molecule has 0 spiro atoms. The standard InChI is InChI=1S/C15H22N4O3/c1-16-15(21)13-9-18(8-11-6-7-17-19(11)13)14(20)10-22-12-4-2-3-5-12/h6-7,12-13H,2-5,8-10H2,1H3,(H,16,21)/t13-/m0/s1.